The zero-order chi connectivity index (χ0) is 17.1. The maximum absolute atomic E-state index is 13.0. The van der Waals surface area contributed by atoms with Crippen LogP contribution in [0.2, 0.25) is 0 Å². The normalized spacial score (nSPS) is 20.1. The molecular formula is C20H26N2O2. The minimum Gasteiger partial charge on any atom is -0.340 e. The van der Waals surface area contributed by atoms with Gasteiger partial charge in [0.2, 0.25) is 11.8 Å². The standard InChI is InChI=1S/C20H26N2O2/c1-3-21(17-9-5-6-10-17)20(24)14-19-18-11-7-4-8-16(18)12-13-22(19)15(2)23/h4,7-8,11-13,17,19H,3,5-6,9-10,14H2,1-2H3. The van der Waals surface area contributed by atoms with Gasteiger partial charge >= 0.3 is 0 Å². The highest BCUT2D eigenvalue weighted by Gasteiger charge is 2.32. The van der Waals surface area contributed by atoms with Gasteiger partial charge in [0.25, 0.3) is 0 Å². The predicted molar refractivity (Wildman–Crippen MR) is 95.0 cm³/mol. The molecule has 2 aliphatic rings. The van der Waals surface area contributed by atoms with Gasteiger partial charge in [-0.1, -0.05) is 37.1 Å². The Morgan fingerprint density at radius 3 is 2.58 bits per heavy atom. The molecule has 0 bridgehead atoms. The van der Waals surface area contributed by atoms with Crippen molar-refractivity contribution in [2.45, 2.75) is 58.0 Å². The summed E-state index contributed by atoms with van der Waals surface area (Å²) >= 11 is 0. The summed E-state index contributed by atoms with van der Waals surface area (Å²) in [6.07, 6.45) is 8.76. The van der Waals surface area contributed by atoms with Gasteiger partial charge in [-0.05, 0) is 37.0 Å². The lowest BCUT2D eigenvalue weighted by molar-refractivity contribution is -0.136. The summed E-state index contributed by atoms with van der Waals surface area (Å²) in [5.74, 6) is 0.133. The molecule has 24 heavy (non-hydrogen) atoms. The van der Waals surface area contributed by atoms with Crippen molar-refractivity contribution in [3.63, 3.8) is 0 Å². The summed E-state index contributed by atoms with van der Waals surface area (Å²) < 4.78 is 0. The fourth-order valence-electron chi connectivity index (χ4n) is 4.05. The Balaban J connectivity index is 1.83. The topological polar surface area (TPSA) is 40.6 Å². The third-order valence-corrected chi connectivity index (χ3v) is 5.26. The lowest BCUT2D eigenvalue weighted by Gasteiger charge is -2.35. The summed E-state index contributed by atoms with van der Waals surface area (Å²) in [6.45, 7) is 4.35. The summed E-state index contributed by atoms with van der Waals surface area (Å²) in [4.78, 5) is 28.7. The molecule has 1 fully saturated rings. The van der Waals surface area contributed by atoms with Gasteiger partial charge in [-0.25, -0.2) is 0 Å². The first-order chi connectivity index (χ1) is 11.6. The number of carbonyl (C=O) groups excluding carboxylic acids is 2. The highest BCUT2D eigenvalue weighted by Crippen LogP contribution is 2.34. The van der Waals surface area contributed by atoms with E-state index >= 15 is 0 Å². The first-order valence-electron chi connectivity index (χ1n) is 8.97. The van der Waals surface area contributed by atoms with Crippen LogP contribution in [-0.4, -0.2) is 34.2 Å². The van der Waals surface area contributed by atoms with Crippen LogP contribution in [0.1, 0.15) is 63.1 Å². The van der Waals surface area contributed by atoms with Gasteiger partial charge in [0.05, 0.1) is 12.5 Å². The maximum Gasteiger partial charge on any atom is 0.225 e. The Bertz CT molecular complexity index is 647. The Hall–Kier alpha value is -2.10. The van der Waals surface area contributed by atoms with Crippen molar-refractivity contribution in [2.24, 2.45) is 0 Å². The third kappa shape index (κ3) is 3.23. The molecular weight excluding hydrogens is 300 g/mol. The molecule has 0 spiro atoms. The summed E-state index contributed by atoms with van der Waals surface area (Å²) in [5.41, 5.74) is 2.16. The van der Waals surface area contributed by atoms with Crippen LogP contribution < -0.4 is 0 Å². The van der Waals surface area contributed by atoms with E-state index in [1.54, 1.807) is 11.8 Å². The SMILES string of the molecule is CCN(C(=O)CC1c2ccccc2C=CN1C(C)=O)C1CCCC1. The van der Waals surface area contributed by atoms with Gasteiger partial charge in [0, 0.05) is 25.7 Å². The van der Waals surface area contributed by atoms with E-state index in [4.69, 9.17) is 0 Å². The molecule has 1 atom stereocenters. The van der Waals surface area contributed by atoms with E-state index in [0.29, 0.717) is 12.5 Å². The monoisotopic (exact) mass is 326 g/mol. The van der Waals surface area contributed by atoms with Crippen LogP contribution in [0.25, 0.3) is 6.08 Å². The molecule has 1 aliphatic heterocycles. The largest absolute Gasteiger partial charge is 0.340 e. The zero-order valence-electron chi connectivity index (χ0n) is 14.6. The quantitative estimate of drug-likeness (QED) is 0.845. The number of rotatable bonds is 4. The highest BCUT2D eigenvalue weighted by atomic mass is 16.2. The number of nitrogens with zero attached hydrogens (tertiary/aromatic N) is 2. The van der Waals surface area contributed by atoms with Crippen molar-refractivity contribution < 1.29 is 9.59 Å². The molecule has 128 valence electrons. The molecule has 1 aromatic carbocycles. The van der Waals surface area contributed by atoms with E-state index in [9.17, 15) is 9.59 Å². The van der Waals surface area contributed by atoms with Crippen LogP contribution in [-0.2, 0) is 9.59 Å². The summed E-state index contributed by atoms with van der Waals surface area (Å²) in [5, 5.41) is 0. The minimum absolute atomic E-state index is 0.0255. The van der Waals surface area contributed by atoms with Crippen molar-refractivity contribution in [2.75, 3.05) is 6.54 Å². The second-order valence-electron chi connectivity index (χ2n) is 6.71. The second-order valence-corrected chi connectivity index (χ2v) is 6.71. The van der Waals surface area contributed by atoms with E-state index < -0.39 is 0 Å². The van der Waals surface area contributed by atoms with Gasteiger partial charge in [-0.15, -0.1) is 0 Å². The van der Waals surface area contributed by atoms with Gasteiger partial charge in [-0.3, -0.25) is 9.59 Å². The molecule has 1 heterocycles. The van der Waals surface area contributed by atoms with Crippen molar-refractivity contribution in [3.8, 4) is 0 Å². The molecule has 4 nitrogen and oxygen atoms in total. The van der Waals surface area contributed by atoms with Gasteiger partial charge in [-0.2, -0.15) is 0 Å². The van der Waals surface area contributed by atoms with E-state index in [1.807, 2.05) is 48.4 Å². The van der Waals surface area contributed by atoms with Gasteiger partial charge in [0.1, 0.15) is 0 Å². The average molecular weight is 326 g/mol. The maximum atomic E-state index is 13.0. The number of fused-ring (bicyclic) bond motifs is 1. The molecule has 0 N–H and O–H groups in total. The molecule has 1 saturated carbocycles. The average Bonchev–Trinajstić information content (AvgIpc) is 3.09. The second kappa shape index (κ2) is 7.20. The summed E-state index contributed by atoms with van der Waals surface area (Å²) in [7, 11) is 0. The number of amides is 2. The Morgan fingerprint density at radius 2 is 1.92 bits per heavy atom. The first-order valence-corrected chi connectivity index (χ1v) is 8.97. The van der Waals surface area contributed by atoms with E-state index in [1.165, 1.54) is 12.8 Å². The Kier molecular flexibility index (Phi) is 5.03. The van der Waals surface area contributed by atoms with Crippen LogP contribution in [0.3, 0.4) is 0 Å². The molecule has 0 aromatic heterocycles. The minimum atomic E-state index is -0.202. The van der Waals surface area contributed by atoms with Gasteiger partial charge in [0.15, 0.2) is 0 Å². The first kappa shape index (κ1) is 16.7. The van der Waals surface area contributed by atoms with Crippen LogP contribution in [0, 0.1) is 0 Å². The molecule has 3 rings (SSSR count). The predicted octanol–water partition coefficient (Wildman–Crippen LogP) is 3.74. The number of hydrogen-bond donors (Lipinski definition) is 0. The van der Waals surface area contributed by atoms with E-state index in [0.717, 1.165) is 30.5 Å². The number of benzene rings is 1. The zero-order valence-corrected chi connectivity index (χ0v) is 14.6. The number of hydrogen-bond acceptors (Lipinski definition) is 2. The molecule has 0 saturated heterocycles. The lowest BCUT2D eigenvalue weighted by Crippen LogP contribution is -2.41. The fraction of sp³-hybridized carbons (Fsp3) is 0.500. The lowest BCUT2D eigenvalue weighted by atomic mass is 9.93. The molecule has 2 amide bonds. The fourth-order valence-corrected chi connectivity index (χ4v) is 4.05. The van der Waals surface area contributed by atoms with E-state index in [2.05, 4.69) is 0 Å². The van der Waals surface area contributed by atoms with Crippen molar-refractivity contribution in [1.29, 1.82) is 0 Å². The van der Waals surface area contributed by atoms with Crippen LogP contribution >= 0.6 is 0 Å². The van der Waals surface area contributed by atoms with Crippen LogP contribution in [0.15, 0.2) is 30.5 Å². The Morgan fingerprint density at radius 1 is 1.21 bits per heavy atom. The molecule has 1 aromatic rings. The van der Waals surface area contributed by atoms with Crippen LogP contribution in [0.5, 0.6) is 0 Å². The number of carbonyl (C=O) groups is 2. The Labute approximate surface area is 144 Å². The van der Waals surface area contributed by atoms with E-state index in [-0.39, 0.29) is 17.9 Å². The van der Waals surface area contributed by atoms with Crippen molar-refractivity contribution >= 4 is 17.9 Å². The molecule has 1 unspecified atom stereocenters. The molecule has 4 heteroatoms. The smallest absolute Gasteiger partial charge is 0.225 e. The highest BCUT2D eigenvalue weighted by molar-refractivity contribution is 5.82. The van der Waals surface area contributed by atoms with Crippen molar-refractivity contribution in [3.05, 3.63) is 41.6 Å². The van der Waals surface area contributed by atoms with Crippen molar-refractivity contribution in [1.82, 2.24) is 9.80 Å². The van der Waals surface area contributed by atoms with Crippen LogP contribution in [0.4, 0.5) is 0 Å². The molecule has 0 radical (unpaired) electrons. The molecule has 1 aliphatic carbocycles. The third-order valence-electron chi connectivity index (χ3n) is 5.26. The van der Waals surface area contributed by atoms with Gasteiger partial charge < -0.3 is 9.80 Å². The summed E-state index contributed by atoms with van der Waals surface area (Å²) in [6, 6.07) is 8.20.